The summed E-state index contributed by atoms with van der Waals surface area (Å²) in [6.45, 7) is 3.12. The van der Waals surface area contributed by atoms with Gasteiger partial charge in [0.05, 0.1) is 0 Å². The fourth-order valence-corrected chi connectivity index (χ4v) is 3.44. The van der Waals surface area contributed by atoms with Crippen LogP contribution in [0.2, 0.25) is 0 Å². The molecule has 0 N–H and O–H groups in total. The first kappa shape index (κ1) is 14.9. The Hall–Kier alpha value is -2.66. The van der Waals surface area contributed by atoms with Gasteiger partial charge in [-0.1, -0.05) is 36.4 Å². The monoisotopic (exact) mass is 322 g/mol. The van der Waals surface area contributed by atoms with Crippen molar-refractivity contribution in [2.45, 2.75) is 19.4 Å². The van der Waals surface area contributed by atoms with E-state index < -0.39 is 4.92 Å². The molecule has 0 unspecified atom stereocenters. The number of hydrogen-bond donors (Lipinski definition) is 0. The first-order chi connectivity index (χ1) is 11.7. The molecule has 1 aliphatic rings. The van der Waals surface area contributed by atoms with E-state index in [4.69, 9.17) is 4.42 Å². The van der Waals surface area contributed by atoms with E-state index in [1.54, 1.807) is 0 Å². The highest BCUT2D eigenvalue weighted by atomic mass is 16.6. The van der Waals surface area contributed by atoms with Gasteiger partial charge in [-0.2, -0.15) is 0 Å². The first-order valence-electron chi connectivity index (χ1n) is 8.20. The van der Waals surface area contributed by atoms with Crippen molar-refractivity contribution >= 4 is 16.9 Å². The van der Waals surface area contributed by atoms with E-state index in [2.05, 4.69) is 4.90 Å². The Bertz CT molecular complexity index is 880. The number of rotatable bonds is 4. The lowest BCUT2D eigenvalue weighted by Gasteiger charge is -2.14. The van der Waals surface area contributed by atoms with Gasteiger partial charge >= 0.3 is 5.88 Å². The second-order valence-corrected chi connectivity index (χ2v) is 6.22. The number of furan rings is 1. The molecule has 0 spiro atoms. The molecule has 0 saturated carbocycles. The van der Waals surface area contributed by atoms with E-state index >= 15 is 0 Å². The van der Waals surface area contributed by atoms with Gasteiger partial charge in [0.15, 0.2) is 0 Å². The quantitative estimate of drug-likeness (QED) is 0.520. The lowest BCUT2D eigenvalue weighted by Crippen LogP contribution is -2.18. The van der Waals surface area contributed by atoms with Crippen molar-refractivity contribution in [3.8, 4) is 11.1 Å². The fourth-order valence-electron chi connectivity index (χ4n) is 3.44. The molecule has 1 aromatic heterocycles. The third-order valence-corrected chi connectivity index (χ3v) is 4.57. The summed E-state index contributed by atoms with van der Waals surface area (Å²) in [5.74, 6) is -0.186. The van der Waals surface area contributed by atoms with Crippen LogP contribution in [0.15, 0.2) is 52.9 Å². The van der Waals surface area contributed by atoms with Crippen molar-refractivity contribution in [1.82, 2.24) is 4.90 Å². The minimum absolute atomic E-state index is 0.186. The van der Waals surface area contributed by atoms with Gasteiger partial charge in [0.1, 0.15) is 16.1 Å². The molecular weight excluding hydrogens is 304 g/mol. The third kappa shape index (κ3) is 2.67. The molecule has 4 rings (SSSR count). The maximum Gasteiger partial charge on any atom is 0.442 e. The van der Waals surface area contributed by atoms with Crippen molar-refractivity contribution < 1.29 is 9.34 Å². The van der Waals surface area contributed by atoms with E-state index in [1.807, 2.05) is 48.5 Å². The highest BCUT2D eigenvalue weighted by Crippen LogP contribution is 2.40. The van der Waals surface area contributed by atoms with Gasteiger partial charge in [0, 0.05) is 11.9 Å². The SMILES string of the molecule is O=[N+]([O-])c1oc2ccc(CN3CCCC3)cc2c1-c1ccccc1. The Morgan fingerprint density at radius 2 is 1.83 bits per heavy atom. The molecule has 5 heteroatoms. The molecule has 0 radical (unpaired) electrons. The van der Waals surface area contributed by atoms with Gasteiger partial charge in [-0.05, 0) is 49.2 Å². The van der Waals surface area contributed by atoms with Crippen LogP contribution in [0.5, 0.6) is 0 Å². The first-order valence-corrected chi connectivity index (χ1v) is 8.20. The van der Waals surface area contributed by atoms with Crippen molar-refractivity contribution in [2.24, 2.45) is 0 Å². The largest absolute Gasteiger partial charge is 0.442 e. The Balaban J connectivity index is 1.83. The van der Waals surface area contributed by atoms with Gasteiger partial charge in [-0.15, -0.1) is 0 Å². The number of hydrogen-bond acceptors (Lipinski definition) is 4. The Labute approximate surface area is 139 Å². The second-order valence-electron chi connectivity index (χ2n) is 6.22. The van der Waals surface area contributed by atoms with Crippen molar-refractivity contribution in [1.29, 1.82) is 0 Å². The number of nitrogens with zero attached hydrogens (tertiary/aromatic N) is 2. The zero-order valence-corrected chi connectivity index (χ0v) is 13.3. The van der Waals surface area contributed by atoms with Crippen LogP contribution in [0, 0.1) is 10.1 Å². The van der Waals surface area contributed by atoms with Crippen LogP contribution in [0.3, 0.4) is 0 Å². The van der Waals surface area contributed by atoms with Crippen LogP contribution in [-0.4, -0.2) is 22.9 Å². The average Bonchev–Trinajstić information content (AvgIpc) is 3.22. The van der Waals surface area contributed by atoms with Crippen molar-refractivity contribution in [3.05, 3.63) is 64.2 Å². The van der Waals surface area contributed by atoms with Gasteiger partial charge in [0.25, 0.3) is 0 Å². The normalized spacial score (nSPS) is 15.2. The topological polar surface area (TPSA) is 59.5 Å². The summed E-state index contributed by atoms with van der Waals surface area (Å²) in [4.78, 5) is 13.4. The van der Waals surface area contributed by atoms with E-state index in [0.717, 1.165) is 36.1 Å². The molecule has 0 aliphatic carbocycles. The van der Waals surface area contributed by atoms with Crippen LogP contribution < -0.4 is 0 Å². The maximum absolute atomic E-state index is 11.4. The molecule has 24 heavy (non-hydrogen) atoms. The highest BCUT2D eigenvalue weighted by Gasteiger charge is 2.25. The van der Waals surface area contributed by atoms with Crippen LogP contribution in [0.25, 0.3) is 22.1 Å². The lowest BCUT2D eigenvalue weighted by atomic mass is 10.0. The standard InChI is InChI=1S/C19H18N2O3/c22-21(23)19-18(15-6-2-1-3-7-15)16-12-14(8-9-17(16)24-19)13-20-10-4-5-11-20/h1-3,6-9,12H,4-5,10-11,13H2. The molecule has 0 atom stereocenters. The van der Waals surface area contributed by atoms with E-state index in [1.165, 1.54) is 12.8 Å². The molecule has 2 aromatic carbocycles. The molecule has 122 valence electrons. The van der Waals surface area contributed by atoms with Gasteiger partial charge in [0.2, 0.25) is 0 Å². The molecule has 2 heterocycles. The minimum Gasteiger partial charge on any atom is -0.400 e. The Morgan fingerprint density at radius 3 is 2.54 bits per heavy atom. The average molecular weight is 322 g/mol. The molecule has 3 aromatic rings. The minimum atomic E-state index is -0.442. The smallest absolute Gasteiger partial charge is 0.400 e. The molecule has 0 amide bonds. The Kier molecular flexibility index (Phi) is 3.78. The summed E-state index contributed by atoms with van der Waals surface area (Å²) in [5, 5.41) is 12.2. The van der Waals surface area contributed by atoms with Gasteiger partial charge in [-0.3, -0.25) is 15.0 Å². The van der Waals surface area contributed by atoms with Gasteiger partial charge < -0.3 is 4.42 Å². The zero-order valence-electron chi connectivity index (χ0n) is 13.3. The van der Waals surface area contributed by atoms with Crippen molar-refractivity contribution in [2.75, 3.05) is 13.1 Å². The van der Waals surface area contributed by atoms with Crippen molar-refractivity contribution in [3.63, 3.8) is 0 Å². The molecule has 5 nitrogen and oxygen atoms in total. The summed E-state index contributed by atoms with van der Waals surface area (Å²) in [6.07, 6.45) is 2.49. The molecule has 0 bridgehead atoms. The number of fused-ring (bicyclic) bond motifs is 1. The third-order valence-electron chi connectivity index (χ3n) is 4.57. The molecule has 1 fully saturated rings. The van der Waals surface area contributed by atoms with Crippen LogP contribution in [-0.2, 0) is 6.54 Å². The summed E-state index contributed by atoms with van der Waals surface area (Å²) in [6, 6.07) is 15.3. The molecule has 1 aliphatic heterocycles. The number of nitro groups is 1. The zero-order chi connectivity index (χ0) is 16.5. The fraction of sp³-hybridized carbons (Fsp3) is 0.263. The summed E-state index contributed by atoms with van der Waals surface area (Å²) < 4.78 is 5.53. The summed E-state index contributed by atoms with van der Waals surface area (Å²) in [7, 11) is 0. The highest BCUT2D eigenvalue weighted by molar-refractivity contribution is 5.98. The van der Waals surface area contributed by atoms with E-state index in [0.29, 0.717) is 11.1 Å². The van der Waals surface area contributed by atoms with E-state index in [9.17, 15) is 10.1 Å². The summed E-state index contributed by atoms with van der Waals surface area (Å²) in [5.41, 5.74) is 3.10. The van der Waals surface area contributed by atoms with E-state index in [-0.39, 0.29) is 5.88 Å². The van der Waals surface area contributed by atoms with Gasteiger partial charge in [-0.25, -0.2) is 0 Å². The predicted molar refractivity (Wildman–Crippen MR) is 92.8 cm³/mol. The predicted octanol–water partition coefficient (Wildman–Crippen LogP) is 4.60. The summed E-state index contributed by atoms with van der Waals surface area (Å²) >= 11 is 0. The van der Waals surface area contributed by atoms with Crippen LogP contribution in [0.4, 0.5) is 5.88 Å². The Morgan fingerprint density at radius 1 is 1.08 bits per heavy atom. The lowest BCUT2D eigenvalue weighted by molar-refractivity contribution is -0.400. The number of likely N-dealkylation sites (tertiary alicyclic amines) is 1. The molecular formula is C19H18N2O3. The number of benzene rings is 2. The molecule has 1 saturated heterocycles. The van der Waals surface area contributed by atoms with Crippen LogP contribution >= 0.6 is 0 Å². The second kappa shape index (κ2) is 6.09. The maximum atomic E-state index is 11.4. The van der Waals surface area contributed by atoms with Crippen LogP contribution in [0.1, 0.15) is 18.4 Å².